The van der Waals surface area contributed by atoms with Crippen LogP contribution in [0.1, 0.15) is 24.5 Å². The molecule has 3 N–H and O–H groups in total. The Hall–Kier alpha value is -1.90. The van der Waals surface area contributed by atoms with Crippen LogP contribution in [-0.4, -0.2) is 35.6 Å². The average molecular weight is 290 g/mol. The van der Waals surface area contributed by atoms with Crippen molar-refractivity contribution in [1.82, 2.24) is 4.90 Å². The van der Waals surface area contributed by atoms with Gasteiger partial charge in [-0.1, -0.05) is 11.8 Å². The lowest BCUT2D eigenvalue weighted by Gasteiger charge is -2.21. The molecule has 4 nitrogen and oxygen atoms in total. The van der Waals surface area contributed by atoms with Crippen LogP contribution in [0.25, 0.3) is 0 Å². The summed E-state index contributed by atoms with van der Waals surface area (Å²) in [5.74, 6) is 4.56. The maximum absolute atomic E-state index is 13.6. The van der Waals surface area contributed by atoms with Gasteiger partial charge in [-0.25, -0.2) is 4.39 Å². The van der Waals surface area contributed by atoms with E-state index in [1.807, 2.05) is 6.92 Å². The number of carbonyl (C=O) groups excluding carboxylic acids is 1. The van der Waals surface area contributed by atoms with Crippen molar-refractivity contribution in [3.8, 4) is 11.8 Å². The van der Waals surface area contributed by atoms with E-state index >= 15 is 0 Å². The third-order valence-corrected chi connectivity index (χ3v) is 3.82. The predicted octanol–water partition coefficient (Wildman–Crippen LogP) is 0.867. The van der Waals surface area contributed by atoms with Crippen molar-refractivity contribution in [1.29, 1.82) is 0 Å². The fourth-order valence-corrected chi connectivity index (χ4v) is 2.61. The lowest BCUT2D eigenvalue weighted by Crippen LogP contribution is -2.36. The van der Waals surface area contributed by atoms with E-state index in [0.717, 1.165) is 18.5 Å². The largest absolute Gasteiger partial charge is 0.384 e. The number of primary amides is 1. The maximum atomic E-state index is 13.6. The molecule has 112 valence electrons. The fourth-order valence-electron chi connectivity index (χ4n) is 2.61. The molecule has 0 bridgehead atoms. The summed E-state index contributed by atoms with van der Waals surface area (Å²) in [6.45, 7) is 3.49. The number of likely N-dealkylation sites (tertiary alicyclic amines) is 1. The Bertz CT molecular complexity index is 606. The Labute approximate surface area is 123 Å². The van der Waals surface area contributed by atoms with Crippen molar-refractivity contribution in [3.63, 3.8) is 0 Å². The second-order valence-electron chi connectivity index (χ2n) is 5.69. The maximum Gasteiger partial charge on any atom is 0.224 e. The van der Waals surface area contributed by atoms with Gasteiger partial charge in [-0.3, -0.25) is 9.69 Å². The molecule has 1 aromatic carbocycles. The summed E-state index contributed by atoms with van der Waals surface area (Å²) < 4.78 is 13.6. The van der Waals surface area contributed by atoms with E-state index in [1.165, 1.54) is 12.1 Å². The zero-order valence-electron chi connectivity index (χ0n) is 12.0. The van der Waals surface area contributed by atoms with Crippen LogP contribution in [0.3, 0.4) is 0 Å². The molecule has 1 fully saturated rings. The molecule has 2 rings (SSSR count). The number of carbonyl (C=O) groups is 1. The zero-order chi connectivity index (χ0) is 15.5. The Morgan fingerprint density at radius 3 is 2.90 bits per heavy atom. The van der Waals surface area contributed by atoms with Crippen LogP contribution in [0.5, 0.6) is 0 Å². The van der Waals surface area contributed by atoms with E-state index < -0.39 is 5.41 Å². The lowest BCUT2D eigenvalue weighted by atomic mass is 9.89. The molecule has 1 aliphatic rings. The van der Waals surface area contributed by atoms with E-state index in [2.05, 4.69) is 16.7 Å². The summed E-state index contributed by atoms with van der Waals surface area (Å²) in [7, 11) is 0. The summed E-state index contributed by atoms with van der Waals surface area (Å²) in [6.07, 6.45) is 0.717. The van der Waals surface area contributed by atoms with Crippen molar-refractivity contribution in [2.24, 2.45) is 11.1 Å². The van der Waals surface area contributed by atoms with Crippen LogP contribution in [0, 0.1) is 23.1 Å². The molecule has 0 aliphatic carbocycles. The third-order valence-electron chi connectivity index (χ3n) is 3.82. The van der Waals surface area contributed by atoms with Crippen LogP contribution in [0.15, 0.2) is 18.2 Å². The number of aliphatic hydroxyl groups excluding tert-OH is 1. The molecule has 5 heteroatoms. The standard InChI is InChI=1S/C16H19FN2O2/c1-16(15(18)21)4-5-19(11-16)10-13-7-12(3-2-6-20)8-14(17)9-13/h7-9,20H,4-6,10-11H2,1H3,(H2,18,21). The monoisotopic (exact) mass is 290 g/mol. The number of hydrogen-bond donors (Lipinski definition) is 2. The molecule has 0 aromatic heterocycles. The molecule has 1 heterocycles. The highest BCUT2D eigenvalue weighted by atomic mass is 19.1. The first-order valence-electron chi connectivity index (χ1n) is 6.84. The number of nitrogens with two attached hydrogens (primary N) is 1. The van der Waals surface area contributed by atoms with Gasteiger partial charge in [-0.2, -0.15) is 0 Å². The van der Waals surface area contributed by atoms with Crippen LogP contribution in [0.4, 0.5) is 4.39 Å². The Kier molecular flexibility index (Phi) is 4.61. The Morgan fingerprint density at radius 2 is 2.29 bits per heavy atom. The number of hydrogen-bond acceptors (Lipinski definition) is 3. The first kappa shape index (κ1) is 15.5. The van der Waals surface area contributed by atoms with Crippen LogP contribution in [0.2, 0.25) is 0 Å². The van der Waals surface area contributed by atoms with Gasteiger partial charge in [0, 0.05) is 18.7 Å². The highest BCUT2D eigenvalue weighted by Gasteiger charge is 2.38. The van der Waals surface area contributed by atoms with Crippen molar-refractivity contribution >= 4 is 5.91 Å². The van der Waals surface area contributed by atoms with Crippen LogP contribution >= 0.6 is 0 Å². The summed E-state index contributed by atoms with van der Waals surface area (Å²) >= 11 is 0. The smallest absolute Gasteiger partial charge is 0.224 e. The molecule has 21 heavy (non-hydrogen) atoms. The van der Waals surface area contributed by atoms with E-state index in [-0.39, 0.29) is 18.3 Å². The quantitative estimate of drug-likeness (QED) is 0.812. The first-order valence-corrected chi connectivity index (χ1v) is 6.84. The first-order chi connectivity index (χ1) is 9.93. The van der Waals surface area contributed by atoms with E-state index in [1.54, 1.807) is 6.07 Å². The molecule has 1 atom stereocenters. The molecule has 0 saturated carbocycles. The predicted molar refractivity (Wildman–Crippen MR) is 77.6 cm³/mol. The van der Waals surface area contributed by atoms with Gasteiger partial charge in [0.15, 0.2) is 0 Å². The molecule has 1 amide bonds. The number of nitrogens with zero attached hydrogens (tertiary/aromatic N) is 1. The number of aliphatic hydroxyl groups is 1. The number of amides is 1. The molecule has 0 spiro atoms. The molecule has 1 aliphatic heterocycles. The van der Waals surface area contributed by atoms with Crippen molar-refractivity contribution in [3.05, 3.63) is 35.1 Å². The molecule has 1 saturated heterocycles. The minimum Gasteiger partial charge on any atom is -0.384 e. The molecule has 1 unspecified atom stereocenters. The van der Waals surface area contributed by atoms with Gasteiger partial charge in [0.1, 0.15) is 12.4 Å². The topological polar surface area (TPSA) is 66.6 Å². The van der Waals surface area contributed by atoms with E-state index in [4.69, 9.17) is 10.8 Å². The minimum absolute atomic E-state index is 0.255. The molecule has 1 aromatic rings. The highest BCUT2D eigenvalue weighted by Crippen LogP contribution is 2.30. The van der Waals surface area contributed by atoms with E-state index in [9.17, 15) is 9.18 Å². The average Bonchev–Trinajstić information content (AvgIpc) is 2.78. The van der Waals surface area contributed by atoms with Gasteiger partial charge in [0.25, 0.3) is 0 Å². The summed E-state index contributed by atoms with van der Waals surface area (Å²) in [5, 5.41) is 8.69. The van der Waals surface area contributed by atoms with Gasteiger partial charge >= 0.3 is 0 Å². The molecular weight excluding hydrogens is 271 g/mol. The van der Waals surface area contributed by atoms with Crippen molar-refractivity contribution in [2.45, 2.75) is 19.9 Å². The lowest BCUT2D eigenvalue weighted by molar-refractivity contribution is -0.126. The van der Waals surface area contributed by atoms with Crippen LogP contribution in [-0.2, 0) is 11.3 Å². The highest BCUT2D eigenvalue weighted by molar-refractivity contribution is 5.81. The van der Waals surface area contributed by atoms with Gasteiger partial charge < -0.3 is 10.8 Å². The second kappa shape index (κ2) is 6.25. The summed E-state index contributed by atoms with van der Waals surface area (Å²) in [4.78, 5) is 13.5. The van der Waals surface area contributed by atoms with Crippen LogP contribution < -0.4 is 5.73 Å². The number of benzene rings is 1. The molecular formula is C16H19FN2O2. The van der Waals surface area contributed by atoms with E-state index in [0.29, 0.717) is 18.7 Å². The van der Waals surface area contributed by atoms with Gasteiger partial charge in [-0.15, -0.1) is 0 Å². The normalized spacial score (nSPS) is 21.9. The Balaban J connectivity index is 2.10. The Morgan fingerprint density at radius 1 is 1.52 bits per heavy atom. The molecule has 0 radical (unpaired) electrons. The SMILES string of the molecule is CC1(C(N)=O)CCN(Cc2cc(F)cc(C#CCO)c2)C1. The van der Waals surface area contributed by atoms with Crippen molar-refractivity contribution in [2.75, 3.05) is 19.7 Å². The van der Waals surface area contributed by atoms with Crippen molar-refractivity contribution < 1.29 is 14.3 Å². The summed E-state index contributed by atoms with van der Waals surface area (Å²) in [5.41, 5.74) is 6.25. The van der Waals surface area contributed by atoms with Gasteiger partial charge in [-0.05, 0) is 43.7 Å². The zero-order valence-corrected chi connectivity index (χ0v) is 12.0. The second-order valence-corrected chi connectivity index (χ2v) is 5.69. The number of rotatable bonds is 3. The summed E-state index contributed by atoms with van der Waals surface area (Å²) in [6, 6.07) is 4.60. The number of halogens is 1. The third kappa shape index (κ3) is 3.81. The van der Waals surface area contributed by atoms with Gasteiger partial charge in [0.05, 0.1) is 5.41 Å². The fraction of sp³-hybridized carbons (Fsp3) is 0.438. The minimum atomic E-state index is -0.507. The van der Waals surface area contributed by atoms with Gasteiger partial charge in [0.2, 0.25) is 5.91 Å².